The van der Waals surface area contributed by atoms with Gasteiger partial charge in [0, 0.05) is 18.5 Å². The fourth-order valence-electron chi connectivity index (χ4n) is 2.37. The number of anilines is 1. The number of hydrogen-bond donors (Lipinski definition) is 0. The molecule has 122 valence electrons. The molecule has 2 rings (SSSR count). The molecule has 1 saturated heterocycles. The summed E-state index contributed by atoms with van der Waals surface area (Å²) in [6, 6.07) is 5.35. The molecule has 0 atom stereocenters. The molecule has 1 fully saturated rings. The number of piperidine rings is 1. The Morgan fingerprint density at radius 1 is 1.23 bits per heavy atom. The summed E-state index contributed by atoms with van der Waals surface area (Å²) in [4.78, 5) is 7.49. The van der Waals surface area contributed by atoms with E-state index in [-0.39, 0.29) is 11.2 Å². The Hall–Kier alpha value is -1.58. The summed E-state index contributed by atoms with van der Waals surface area (Å²) >= 11 is 0. The largest absolute Gasteiger partial charge is 0.391 e. The lowest BCUT2D eigenvalue weighted by molar-refractivity contribution is 0.127. The van der Waals surface area contributed by atoms with E-state index in [4.69, 9.17) is 4.84 Å². The van der Waals surface area contributed by atoms with Crippen LogP contribution in [-0.2, 0) is 11.4 Å². The molecule has 0 bridgehead atoms. The van der Waals surface area contributed by atoms with Crippen molar-refractivity contribution in [3.05, 3.63) is 29.6 Å². The number of oxime groups is 1. The maximum absolute atomic E-state index is 14.3. The Balaban J connectivity index is 1.97. The zero-order valence-corrected chi connectivity index (χ0v) is 14.2. The molecule has 1 aromatic rings. The topological polar surface area (TPSA) is 24.8 Å². The van der Waals surface area contributed by atoms with Gasteiger partial charge in [0.1, 0.15) is 12.4 Å². The monoisotopic (exact) mass is 306 g/mol. The molecule has 1 aromatic carbocycles. The van der Waals surface area contributed by atoms with Crippen LogP contribution >= 0.6 is 0 Å². The molecular weight excluding hydrogens is 279 g/mol. The molecule has 0 saturated carbocycles. The van der Waals surface area contributed by atoms with E-state index < -0.39 is 0 Å². The maximum Gasteiger partial charge on any atom is 0.146 e. The summed E-state index contributed by atoms with van der Waals surface area (Å²) in [5.41, 5.74) is 2.43. The second-order valence-corrected chi connectivity index (χ2v) is 7.03. The van der Waals surface area contributed by atoms with Gasteiger partial charge in [0.15, 0.2) is 0 Å². The van der Waals surface area contributed by atoms with Crippen molar-refractivity contribution >= 4 is 11.4 Å². The average Bonchev–Trinajstić information content (AvgIpc) is 2.47. The van der Waals surface area contributed by atoms with Gasteiger partial charge in [0.2, 0.25) is 0 Å². The van der Waals surface area contributed by atoms with Gasteiger partial charge in [-0.05, 0) is 43.9 Å². The molecule has 0 aromatic heterocycles. The van der Waals surface area contributed by atoms with Crippen molar-refractivity contribution < 1.29 is 9.23 Å². The van der Waals surface area contributed by atoms with Gasteiger partial charge >= 0.3 is 0 Å². The van der Waals surface area contributed by atoms with E-state index in [1.165, 1.54) is 6.42 Å². The van der Waals surface area contributed by atoms with Crippen LogP contribution in [0.1, 0.15) is 52.5 Å². The number of hydrogen-bond acceptors (Lipinski definition) is 3. The summed E-state index contributed by atoms with van der Waals surface area (Å²) in [6.07, 6.45) is 3.53. The van der Waals surface area contributed by atoms with Crippen LogP contribution in [0.4, 0.5) is 10.1 Å². The Morgan fingerprint density at radius 2 is 1.91 bits per heavy atom. The van der Waals surface area contributed by atoms with Gasteiger partial charge in [0.05, 0.1) is 11.4 Å². The fourth-order valence-corrected chi connectivity index (χ4v) is 2.37. The van der Waals surface area contributed by atoms with E-state index >= 15 is 0 Å². The predicted octanol–water partition coefficient (Wildman–Crippen LogP) is 4.75. The third kappa shape index (κ3) is 4.46. The molecule has 0 radical (unpaired) electrons. The van der Waals surface area contributed by atoms with Crippen molar-refractivity contribution in [2.45, 2.75) is 53.6 Å². The lowest BCUT2D eigenvalue weighted by Gasteiger charge is -2.29. The van der Waals surface area contributed by atoms with Gasteiger partial charge in [-0.1, -0.05) is 32.0 Å². The van der Waals surface area contributed by atoms with Gasteiger partial charge in [-0.25, -0.2) is 4.39 Å². The van der Waals surface area contributed by atoms with Crippen molar-refractivity contribution in [2.24, 2.45) is 10.6 Å². The summed E-state index contributed by atoms with van der Waals surface area (Å²) < 4.78 is 14.3. The lowest BCUT2D eigenvalue weighted by Crippen LogP contribution is -2.30. The molecule has 0 amide bonds. The first-order valence-corrected chi connectivity index (χ1v) is 8.08. The number of rotatable bonds is 4. The first-order chi connectivity index (χ1) is 10.4. The molecule has 1 aliphatic heterocycles. The lowest BCUT2D eigenvalue weighted by atomic mass is 9.91. The van der Waals surface area contributed by atoms with Crippen molar-refractivity contribution in [3.8, 4) is 0 Å². The Bertz CT molecular complexity index is 528. The third-order valence-electron chi connectivity index (χ3n) is 4.23. The standard InChI is InChI=1S/C18H27FN2O/c1-14(18(2,3)4)20-22-13-15-8-9-17(16(19)12-15)21-10-6-5-7-11-21/h8-9,12H,5-7,10-11,13H2,1-4H3. The van der Waals surface area contributed by atoms with E-state index in [2.05, 4.69) is 30.8 Å². The molecule has 4 heteroatoms. The third-order valence-corrected chi connectivity index (χ3v) is 4.23. The highest BCUT2D eigenvalue weighted by Gasteiger charge is 2.16. The average molecular weight is 306 g/mol. The number of benzene rings is 1. The second-order valence-electron chi connectivity index (χ2n) is 7.03. The molecule has 0 spiro atoms. The molecule has 1 heterocycles. The van der Waals surface area contributed by atoms with E-state index in [9.17, 15) is 4.39 Å². The van der Waals surface area contributed by atoms with E-state index in [0.717, 1.165) is 37.2 Å². The molecule has 0 unspecified atom stereocenters. The van der Waals surface area contributed by atoms with Crippen LogP contribution in [0.5, 0.6) is 0 Å². The minimum atomic E-state index is -0.167. The van der Waals surface area contributed by atoms with E-state index in [0.29, 0.717) is 12.3 Å². The predicted molar refractivity (Wildman–Crippen MR) is 89.8 cm³/mol. The van der Waals surface area contributed by atoms with E-state index in [1.54, 1.807) is 6.07 Å². The van der Waals surface area contributed by atoms with Gasteiger partial charge in [-0.2, -0.15) is 0 Å². The molecule has 1 aliphatic rings. The summed E-state index contributed by atoms with van der Waals surface area (Å²) in [5, 5.41) is 4.12. The van der Waals surface area contributed by atoms with Gasteiger partial charge < -0.3 is 9.74 Å². The number of halogens is 1. The molecule has 0 N–H and O–H groups in total. The zero-order valence-electron chi connectivity index (χ0n) is 14.2. The highest BCUT2D eigenvalue weighted by atomic mass is 19.1. The number of nitrogens with zero attached hydrogens (tertiary/aromatic N) is 2. The maximum atomic E-state index is 14.3. The van der Waals surface area contributed by atoms with Crippen molar-refractivity contribution in [1.82, 2.24) is 0 Å². The van der Waals surface area contributed by atoms with E-state index in [1.807, 2.05) is 19.1 Å². The van der Waals surface area contributed by atoms with Crippen LogP contribution in [0.2, 0.25) is 0 Å². The van der Waals surface area contributed by atoms with Crippen LogP contribution < -0.4 is 4.90 Å². The van der Waals surface area contributed by atoms with Crippen molar-refractivity contribution in [1.29, 1.82) is 0 Å². The Kier molecular flexibility index (Phi) is 5.43. The van der Waals surface area contributed by atoms with Crippen LogP contribution in [0, 0.1) is 11.2 Å². The van der Waals surface area contributed by atoms with Crippen LogP contribution in [0.15, 0.2) is 23.4 Å². The smallest absolute Gasteiger partial charge is 0.146 e. The van der Waals surface area contributed by atoms with Gasteiger partial charge in [-0.15, -0.1) is 0 Å². The van der Waals surface area contributed by atoms with Crippen molar-refractivity contribution in [2.75, 3.05) is 18.0 Å². The molecule has 0 aliphatic carbocycles. The van der Waals surface area contributed by atoms with Gasteiger partial charge in [-0.3, -0.25) is 0 Å². The van der Waals surface area contributed by atoms with Crippen LogP contribution in [0.3, 0.4) is 0 Å². The highest BCUT2D eigenvalue weighted by molar-refractivity contribution is 5.86. The molecular formula is C18H27FN2O. The zero-order chi connectivity index (χ0) is 16.2. The Labute approximate surface area is 133 Å². The van der Waals surface area contributed by atoms with Crippen molar-refractivity contribution in [3.63, 3.8) is 0 Å². The van der Waals surface area contributed by atoms with Crippen LogP contribution in [-0.4, -0.2) is 18.8 Å². The molecule has 3 nitrogen and oxygen atoms in total. The minimum absolute atomic E-state index is 0.0105. The second kappa shape index (κ2) is 7.12. The first-order valence-electron chi connectivity index (χ1n) is 8.08. The van der Waals surface area contributed by atoms with Crippen LogP contribution in [0.25, 0.3) is 0 Å². The quantitative estimate of drug-likeness (QED) is 0.592. The summed E-state index contributed by atoms with van der Waals surface area (Å²) in [5.74, 6) is -0.167. The fraction of sp³-hybridized carbons (Fsp3) is 0.611. The SMILES string of the molecule is CC(=NOCc1ccc(N2CCCCC2)c(F)c1)C(C)(C)C. The normalized spacial score (nSPS) is 16.8. The first kappa shape index (κ1) is 16.8. The highest BCUT2D eigenvalue weighted by Crippen LogP contribution is 2.24. The molecule has 22 heavy (non-hydrogen) atoms. The van der Waals surface area contributed by atoms with Gasteiger partial charge in [0.25, 0.3) is 0 Å². The summed E-state index contributed by atoms with van der Waals surface area (Å²) in [7, 11) is 0. The minimum Gasteiger partial charge on any atom is -0.391 e. The Morgan fingerprint density at radius 3 is 2.50 bits per heavy atom. The summed E-state index contributed by atoms with van der Waals surface area (Å²) in [6.45, 7) is 10.4.